The third kappa shape index (κ3) is 3.13. The number of piperazine rings is 1. The second kappa shape index (κ2) is 6.36. The van der Waals surface area contributed by atoms with Crippen molar-refractivity contribution in [2.45, 2.75) is 12.5 Å². The van der Waals surface area contributed by atoms with E-state index >= 15 is 0 Å². The molecule has 0 unspecified atom stereocenters. The largest absolute Gasteiger partial charge is 0.508 e. The highest BCUT2D eigenvalue weighted by Gasteiger charge is 2.23. The lowest BCUT2D eigenvalue weighted by Crippen LogP contribution is -2.45. The molecule has 1 aromatic carbocycles. The van der Waals surface area contributed by atoms with Crippen LogP contribution >= 0.6 is 15.9 Å². The van der Waals surface area contributed by atoms with E-state index in [1.54, 1.807) is 6.07 Å². The first-order valence-electron chi connectivity index (χ1n) is 6.26. The van der Waals surface area contributed by atoms with Crippen LogP contribution in [0.4, 0.5) is 0 Å². The van der Waals surface area contributed by atoms with E-state index in [0.29, 0.717) is 5.75 Å². The number of nitrogens with one attached hydrogen (secondary N) is 1. The van der Waals surface area contributed by atoms with E-state index in [1.807, 2.05) is 18.2 Å². The molecule has 1 aliphatic rings. The minimum Gasteiger partial charge on any atom is -0.508 e. The third-order valence-corrected chi connectivity index (χ3v) is 4.04. The second-order valence-corrected chi connectivity index (χ2v) is 5.39. The van der Waals surface area contributed by atoms with Gasteiger partial charge in [0.2, 0.25) is 0 Å². The van der Waals surface area contributed by atoms with Crippen LogP contribution in [0.15, 0.2) is 35.3 Å². The summed E-state index contributed by atoms with van der Waals surface area (Å²) in [6.07, 6.45) is 2.84. The van der Waals surface area contributed by atoms with Crippen molar-refractivity contribution in [2.24, 2.45) is 0 Å². The SMILES string of the molecule is C=CC[C@H](c1cc(O)ccc1Br)N1CCNCC1. The fourth-order valence-corrected chi connectivity index (χ4v) is 2.92. The summed E-state index contributed by atoms with van der Waals surface area (Å²) in [4.78, 5) is 2.44. The predicted molar refractivity (Wildman–Crippen MR) is 77.8 cm³/mol. The highest BCUT2D eigenvalue weighted by molar-refractivity contribution is 9.10. The van der Waals surface area contributed by atoms with Crippen molar-refractivity contribution in [3.8, 4) is 5.75 Å². The van der Waals surface area contributed by atoms with Gasteiger partial charge in [0.25, 0.3) is 0 Å². The first-order chi connectivity index (χ1) is 8.72. The van der Waals surface area contributed by atoms with Crippen LogP contribution in [0.25, 0.3) is 0 Å². The molecule has 4 heteroatoms. The Hall–Kier alpha value is -0.840. The number of aromatic hydroxyl groups is 1. The number of phenols is 1. The number of rotatable bonds is 4. The lowest BCUT2D eigenvalue weighted by Gasteiger charge is -2.35. The van der Waals surface area contributed by atoms with Crippen molar-refractivity contribution >= 4 is 15.9 Å². The molecule has 1 aromatic rings. The topological polar surface area (TPSA) is 35.5 Å². The highest BCUT2D eigenvalue weighted by atomic mass is 79.9. The number of nitrogens with zero attached hydrogens (tertiary/aromatic N) is 1. The van der Waals surface area contributed by atoms with Crippen molar-refractivity contribution in [3.63, 3.8) is 0 Å². The maximum atomic E-state index is 9.68. The minimum atomic E-state index is 0.283. The maximum Gasteiger partial charge on any atom is 0.115 e. The van der Waals surface area contributed by atoms with Crippen LogP contribution in [0.3, 0.4) is 0 Å². The first-order valence-corrected chi connectivity index (χ1v) is 7.05. The molecule has 0 aromatic heterocycles. The molecule has 2 rings (SSSR count). The van der Waals surface area contributed by atoms with Gasteiger partial charge in [-0.25, -0.2) is 0 Å². The summed E-state index contributed by atoms with van der Waals surface area (Å²) in [7, 11) is 0. The van der Waals surface area contributed by atoms with Gasteiger partial charge in [-0.05, 0) is 30.2 Å². The Morgan fingerprint density at radius 2 is 2.17 bits per heavy atom. The monoisotopic (exact) mass is 310 g/mol. The number of halogens is 1. The lowest BCUT2D eigenvalue weighted by atomic mass is 10.0. The van der Waals surface area contributed by atoms with Gasteiger partial charge in [-0.2, -0.15) is 0 Å². The van der Waals surface area contributed by atoms with Crippen molar-refractivity contribution in [1.82, 2.24) is 10.2 Å². The van der Waals surface area contributed by atoms with E-state index < -0.39 is 0 Å². The molecular weight excluding hydrogens is 292 g/mol. The number of hydrogen-bond acceptors (Lipinski definition) is 3. The van der Waals surface area contributed by atoms with E-state index in [9.17, 15) is 5.11 Å². The summed E-state index contributed by atoms with van der Waals surface area (Å²) in [6, 6.07) is 5.74. The van der Waals surface area contributed by atoms with Gasteiger partial charge in [0, 0.05) is 36.7 Å². The van der Waals surface area contributed by atoms with Crippen molar-refractivity contribution in [1.29, 1.82) is 0 Å². The number of hydrogen-bond donors (Lipinski definition) is 2. The van der Waals surface area contributed by atoms with Crippen LogP contribution in [0.2, 0.25) is 0 Å². The van der Waals surface area contributed by atoms with Crippen molar-refractivity contribution < 1.29 is 5.11 Å². The molecule has 3 nitrogen and oxygen atoms in total. The maximum absolute atomic E-state index is 9.68. The van der Waals surface area contributed by atoms with Gasteiger partial charge in [0.15, 0.2) is 0 Å². The molecule has 1 atom stereocenters. The molecule has 1 fully saturated rings. The van der Waals surface area contributed by atoms with Crippen molar-refractivity contribution in [2.75, 3.05) is 26.2 Å². The molecular formula is C14H19BrN2O. The molecule has 18 heavy (non-hydrogen) atoms. The summed E-state index contributed by atoms with van der Waals surface area (Å²) in [6.45, 7) is 7.95. The van der Waals surface area contributed by atoms with E-state index in [0.717, 1.165) is 42.6 Å². The van der Waals surface area contributed by atoms with E-state index in [4.69, 9.17) is 0 Å². The average Bonchev–Trinajstić information content (AvgIpc) is 2.40. The molecule has 0 bridgehead atoms. The fourth-order valence-electron chi connectivity index (χ4n) is 2.41. The molecule has 0 aliphatic carbocycles. The van der Waals surface area contributed by atoms with Crippen LogP contribution in [0.1, 0.15) is 18.0 Å². The summed E-state index contributed by atoms with van der Waals surface area (Å²) >= 11 is 3.58. The molecule has 1 aliphatic heterocycles. The molecule has 0 amide bonds. The predicted octanol–water partition coefficient (Wildman–Crippen LogP) is 2.68. The van der Waals surface area contributed by atoms with Crippen LogP contribution < -0.4 is 5.32 Å². The highest BCUT2D eigenvalue weighted by Crippen LogP contribution is 2.33. The number of phenolic OH excluding ortho intramolecular Hbond substituents is 1. The summed E-state index contributed by atoms with van der Waals surface area (Å²) < 4.78 is 1.05. The Bertz CT molecular complexity index is 416. The van der Waals surface area contributed by atoms with Gasteiger partial charge in [-0.1, -0.05) is 22.0 Å². The average molecular weight is 311 g/mol. The zero-order chi connectivity index (χ0) is 13.0. The Morgan fingerprint density at radius 3 is 2.83 bits per heavy atom. The van der Waals surface area contributed by atoms with E-state index in [1.165, 1.54) is 0 Å². The van der Waals surface area contributed by atoms with E-state index in [-0.39, 0.29) is 6.04 Å². The van der Waals surface area contributed by atoms with Gasteiger partial charge in [0.1, 0.15) is 5.75 Å². The first kappa shape index (κ1) is 13.6. The molecule has 1 heterocycles. The van der Waals surface area contributed by atoms with Crippen LogP contribution in [-0.2, 0) is 0 Å². The standard InChI is InChI=1S/C14H19BrN2O/c1-2-3-14(17-8-6-16-7-9-17)12-10-11(18)4-5-13(12)15/h2,4-5,10,14,16,18H,1,3,6-9H2/t14-/m1/s1. The Labute approximate surface area is 117 Å². The lowest BCUT2D eigenvalue weighted by molar-refractivity contribution is 0.174. The Morgan fingerprint density at radius 1 is 1.44 bits per heavy atom. The van der Waals surface area contributed by atoms with Gasteiger partial charge in [0.05, 0.1) is 0 Å². The van der Waals surface area contributed by atoms with Crippen molar-refractivity contribution in [3.05, 3.63) is 40.9 Å². The van der Waals surface area contributed by atoms with Crippen LogP contribution in [0, 0.1) is 0 Å². The van der Waals surface area contributed by atoms with Crippen LogP contribution in [0.5, 0.6) is 5.75 Å². The van der Waals surface area contributed by atoms with E-state index in [2.05, 4.69) is 32.7 Å². The van der Waals surface area contributed by atoms with Gasteiger partial charge < -0.3 is 10.4 Å². The summed E-state index contributed by atoms with van der Waals surface area (Å²) in [5, 5.41) is 13.0. The molecule has 2 N–H and O–H groups in total. The molecule has 98 valence electrons. The third-order valence-electron chi connectivity index (χ3n) is 3.32. The molecule has 0 saturated carbocycles. The van der Waals surface area contributed by atoms with Gasteiger partial charge in [-0.15, -0.1) is 6.58 Å². The fraction of sp³-hybridized carbons (Fsp3) is 0.429. The van der Waals surface area contributed by atoms with Gasteiger partial charge in [-0.3, -0.25) is 4.90 Å². The Kier molecular flexibility index (Phi) is 4.80. The smallest absolute Gasteiger partial charge is 0.115 e. The summed E-state index contributed by atoms with van der Waals surface area (Å²) in [5.74, 6) is 0.317. The minimum absolute atomic E-state index is 0.283. The zero-order valence-corrected chi connectivity index (χ0v) is 12.0. The summed E-state index contributed by atoms with van der Waals surface area (Å²) in [5.41, 5.74) is 1.14. The normalized spacial score (nSPS) is 18.5. The molecule has 0 spiro atoms. The van der Waals surface area contributed by atoms with Crippen LogP contribution in [-0.4, -0.2) is 36.2 Å². The second-order valence-electron chi connectivity index (χ2n) is 4.53. The number of benzene rings is 1. The zero-order valence-electron chi connectivity index (χ0n) is 10.4. The Balaban J connectivity index is 2.27. The molecule has 0 radical (unpaired) electrons. The van der Waals surface area contributed by atoms with Gasteiger partial charge >= 0.3 is 0 Å². The molecule has 1 saturated heterocycles. The quantitative estimate of drug-likeness (QED) is 0.839.